The minimum Gasteiger partial charge on any atom is -0.494 e. The Bertz CT molecular complexity index is 686. The summed E-state index contributed by atoms with van der Waals surface area (Å²) in [4.78, 5) is 12.4. The minimum atomic E-state index is -0.164. The zero-order valence-electron chi connectivity index (χ0n) is 14.7. The van der Waals surface area contributed by atoms with Crippen LogP contribution in [0, 0.1) is 0 Å². The lowest BCUT2D eigenvalue weighted by Gasteiger charge is -2.10. The van der Waals surface area contributed by atoms with E-state index in [1.54, 1.807) is 18.2 Å². The molecule has 2 aromatic rings. The molecule has 4 nitrogen and oxygen atoms in total. The Kier molecular flexibility index (Phi) is 7.79. The molecule has 0 fully saturated rings. The molecule has 2 rings (SSSR count). The number of ether oxygens (including phenoxy) is 2. The minimum absolute atomic E-state index is 0.164. The summed E-state index contributed by atoms with van der Waals surface area (Å²) in [7, 11) is 0. The second-order valence-corrected chi connectivity index (χ2v) is 6.53. The van der Waals surface area contributed by atoms with Crippen molar-refractivity contribution in [3.05, 3.63) is 52.5 Å². The number of hydrogen-bond acceptors (Lipinski definition) is 3. The van der Waals surface area contributed by atoms with Gasteiger partial charge in [0.15, 0.2) is 0 Å². The Balaban J connectivity index is 1.96. The summed E-state index contributed by atoms with van der Waals surface area (Å²) >= 11 is 3.45. The topological polar surface area (TPSA) is 47.6 Å². The second-order valence-electron chi connectivity index (χ2n) is 5.67. The average Bonchev–Trinajstić information content (AvgIpc) is 2.62. The van der Waals surface area contributed by atoms with Gasteiger partial charge in [-0.1, -0.05) is 20.3 Å². The number of nitrogens with one attached hydrogen (secondary N) is 1. The lowest BCUT2D eigenvalue weighted by molar-refractivity contribution is 0.102. The van der Waals surface area contributed by atoms with E-state index in [0.29, 0.717) is 18.8 Å². The van der Waals surface area contributed by atoms with Crippen LogP contribution in [0.4, 0.5) is 5.69 Å². The van der Waals surface area contributed by atoms with E-state index >= 15 is 0 Å². The van der Waals surface area contributed by atoms with Crippen LogP contribution in [-0.2, 0) is 0 Å². The van der Waals surface area contributed by atoms with E-state index in [0.717, 1.165) is 40.9 Å². The fourth-order valence-electron chi connectivity index (χ4n) is 2.14. The normalized spacial score (nSPS) is 10.4. The van der Waals surface area contributed by atoms with Gasteiger partial charge < -0.3 is 14.8 Å². The van der Waals surface area contributed by atoms with Crippen molar-refractivity contribution in [2.45, 2.75) is 33.1 Å². The van der Waals surface area contributed by atoms with Crippen molar-refractivity contribution in [2.75, 3.05) is 18.5 Å². The van der Waals surface area contributed by atoms with Gasteiger partial charge in [-0.3, -0.25) is 4.79 Å². The van der Waals surface area contributed by atoms with E-state index < -0.39 is 0 Å². The monoisotopic (exact) mass is 405 g/mol. The van der Waals surface area contributed by atoms with Crippen LogP contribution in [0.1, 0.15) is 43.5 Å². The van der Waals surface area contributed by atoms with E-state index in [4.69, 9.17) is 9.47 Å². The quantitative estimate of drug-likeness (QED) is 0.546. The summed E-state index contributed by atoms with van der Waals surface area (Å²) in [6.45, 7) is 5.54. The number of hydrogen-bond donors (Lipinski definition) is 1. The van der Waals surface area contributed by atoms with Crippen LogP contribution >= 0.6 is 15.9 Å². The molecule has 0 aliphatic rings. The molecule has 0 aromatic heterocycles. The molecule has 0 saturated carbocycles. The molecule has 5 heteroatoms. The molecule has 1 amide bonds. The van der Waals surface area contributed by atoms with Crippen molar-refractivity contribution in [3.8, 4) is 11.5 Å². The van der Waals surface area contributed by atoms with Crippen molar-refractivity contribution < 1.29 is 14.3 Å². The van der Waals surface area contributed by atoms with Gasteiger partial charge in [0, 0.05) is 11.3 Å². The van der Waals surface area contributed by atoms with E-state index in [9.17, 15) is 4.79 Å². The van der Waals surface area contributed by atoms with Gasteiger partial charge in [-0.25, -0.2) is 0 Å². The molecule has 0 spiro atoms. The molecule has 0 unspecified atom stereocenters. The number of carbonyl (C=O) groups is 1. The number of halogens is 1. The fourth-order valence-corrected chi connectivity index (χ4v) is 2.64. The Hall–Kier alpha value is -2.01. The molecule has 2 aromatic carbocycles. The predicted octanol–water partition coefficient (Wildman–Crippen LogP) is 5.67. The van der Waals surface area contributed by atoms with Gasteiger partial charge in [-0.05, 0) is 71.2 Å². The summed E-state index contributed by atoms with van der Waals surface area (Å²) in [6.07, 6.45) is 3.07. The van der Waals surface area contributed by atoms with Crippen LogP contribution in [0.2, 0.25) is 0 Å². The number of rotatable bonds is 9. The van der Waals surface area contributed by atoms with Crippen molar-refractivity contribution in [3.63, 3.8) is 0 Å². The summed E-state index contributed by atoms with van der Waals surface area (Å²) < 4.78 is 12.0. The maximum absolute atomic E-state index is 12.4. The van der Waals surface area contributed by atoms with E-state index in [2.05, 4.69) is 35.1 Å². The molecule has 0 aliphatic carbocycles. The van der Waals surface area contributed by atoms with Crippen LogP contribution in [0.3, 0.4) is 0 Å². The average molecular weight is 406 g/mol. The molecular formula is C20H24BrNO3. The molecule has 0 saturated heterocycles. The van der Waals surface area contributed by atoms with Gasteiger partial charge in [0.2, 0.25) is 0 Å². The Morgan fingerprint density at radius 2 is 1.76 bits per heavy atom. The highest BCUT2D eigenvalue weighted by Crippen LogP contribution is 2.26. The Labute approximate surface area is 157 Å². The standard InChI is InChI=1S/C20H24BrNO3/c1-3-5-13-24-17-9-7-16(8-10-17)22-20(23)15-6-11-19(18(21)14-15)25-12-4-2/h6-11,14H,3-5,12-13H2,1-2H3,(H,22,23). The third-order valence-corrected chi connectivity index (χ3v) is 4.15. The van der Waals surface area contributed by atoms with E-state index in [1.807, 2.05) is 24.3 Å². The van der Waals surface area contributed by atoms with E-state index in [-0.39, 0.29) is 5.91 Å². The zero-order valence-corrected chi connectivity index (χ0v) is 16.3. The number of unbranched alkanes of at least 4 members (excludes halogenated alkanes) is 1. The van der Waals surface area contributed by atoms with Crippen molar-refractivity contribution in [1.82, 2.24) is 0 Å². The van der Waals surface area contributed by atoms with Gasteiger partial charge in [0.25, 0.3) is 5.91 Å². The van der Waals surface area contributed by atoms with Gasteiger partial charge in [0.05, 0.1) is 17.7 Å². The van der Waals surface area contributed by atoms with E-state index in [1.165, 1.54) is 0 Å². The molecule has 0 radical (unpaired) electrons. The highest BCUT2D eigenvalue weighted by Gasteiger charge is 2.10. The Morgan fingerprint density at radius 1 is 1.00 bits per heavy atom. The predicted molar refractivity (Wildman–Crippen MR) is 105 cm³/mol. The molecular weight excluding hydrogens is 382 g/mol. The maximum atomic E-state index is 12.4. The summed E-state index contributed by atoms with van der Waals surface area (Å²) in [5.41, 5.74) is 1.30. The first-order valence-electron chi connectivity index (χ1n) is 8.60. The lowest BCUT2D eigenvalue weighted by atomic mass is 10.2. The van der Waals surface area contributed by atoms with Crippen LogP contribution in [0.25, 0.3) is 0 Å². The summed E-state index contributed by atoms with van der Waals surface area (Å²) in [5.74, 6) is 1.39. The summed E-state index contributed by atoms with van der Waals surface area (Å²) in [5, 5.41) is 2.89. The van der Waals surface area contributed by atoms with Gasteiger partial charge in [-0.15, -0.1) is 0 Å². The number of benzene rings is 2. The smallest absolute Gasteiger partial charge is 0.255 e. The number of carbonyl (C=O) groups excluding carboxylic acids is 1. The van der Waals surface area contributed by atoms with Crippen molar-refractivity contribution in [2.24, 2.45) is 0 Å². The zero-order chi connectivity index (χ0) is 18.1. The van der Waals surface area contributed by atoms with Crippen LogP contribution in [0.15, 0.2) is 46.9 Å². The fraction of sp³-hybridized carbons (Fsp3) is 0.350. The largest absolute Gasteiger partial charge is 0.494 e. The van der Waals surface area contributed by atoms with Gasteiger partial charge in [-0.2, -0.15) is 0 Å². The highest BCUT2D eigenvalue weighted by molar-refractivity contribution is 9.10. The SMILES string of the molecule is CCCCOc1ccc(NC(=O)c2ccc(OCCC)c(Br)c2)cc1. The first kappa shape index (κ1) is 19.3. The van der Waals surface area contributed by atoms with Gasteiger partial charge >= 0.3 is 0 Å². The Morgan fingerprint density at radius 3 is 2.40 bits per heavy atom. The van der Waals surface area contributed by atoms with Crippen LogP contribution in [-0.4, -0.2) is 19.1 Å². The third-order valence-electron chi connectivity index (χ3n) is 3.53. The second kappa shape index (κ2) is 10.1. The first-order valence-corrected chi connectivity index (χ1v) is 9.40. The molecule has 0 heterocycles. The van der Waals surface area contributed by atoms with Crippen LogP contribution < -0.4 is 14.8 Å². The number of anilines is 1. The third kappa shape index (κ3) is 6.09. The van der Waals surface area contributed by atoms with Crippen molar-refractivity contribution >= 4 is 27.5 Å². The van der Waals surface area contributed by atoms with Crippen LogP contribution in [0.5, 0.6) is 11.5 Å². The molecule has 134 valence electrons. The summed E-state index contributed by atoms with van der Waals surface area (Å²) in [6, 6.07) is 12.7. The molecule has 25 heavy (non-hydrogen) atoms. The number of amides is 1. The maximum Gasteiger partial charge on any atom is 0.255 e. The first-order chi connectivity index (χ1) is 12.1. The lowest BCUT2D eigenvalue weighted by Crippen LogP contribution is -2.12. The molecule has 0 atom stereocenters. The molecule has 1 N–H and O–H groups in total. The molecule has 0 bridgehead atoms. The highest BCUT2D eigenvalue weighted by atomic mass is 79.9. The molecule has 0 aliphatic heterocycles. The van der Waals surface area contributed by atoms with Crippen molar-refractivity contribution in [1.29, 1.82) is 0 Å². The van der Waals surface area contributed by atoms with Gasteiger partial charge in [0.1, 0.15) is 11.5 Å².